The van der Waals surface area contributed by atoms with Gasteiger partial charge < -0.3 is 4.74 Å². The number of ether oxygens (including phenoxy) is 1. The fraction of sp³-hybridized carbons (Fsp3) is 0.133. The van der Waals surface area contributed by atoms with Crippen LogP contribution in [0.1, 0.15) is 15.9 Å². The average Bonchev–Trinajstić information content (AvgIpc) is 2.38. The molecule has 0 heterocycles. The van der Waals surface area contributed by atoms with Gasteiger partial charge >= 0.3 is 6.36 Å². The zero-order valence-electron chi connectivity index (χ0n) is 10.6. The quantitative estimate of drug-likeness (QED) is 0.780. The Morgan fingerprint density at radius 1 is 1.05 bits per heavy atom. The molecule has 0 radical (unpaired) electrons. The third-order valence-corrected chi connectivity index (χ3v) is 2.80. The van der Waals surface area contributed by atoms with E-state index < -0.39 is 6.36 Å². The van der Waals surface area contributed by atoms with Crippen LogP contribution in [0.3, 0.4) is 0 Å². The van der Waals surface area contributed by atoms with E-state index in [4.69, 9.17) is 0 Å². The third-order valence-electron chi connectivity index (χ3n) is 2.80. The molecule has 5 heteroatoms. The number of carbonyl (C=O) groups excluding carboxylic acids is 1. The molecule has 0 N–H and O–H groups in total. The molecule has 0 aromatic heterocycles. The van der Waals surface area contributed by atoms with Gasteiger partial charge in [0, 0.05) is 11.1 Å². The van der Waals surface area contributed by atoms with Crippen molar-refractivity contribution < 1.29 is 22.7 Å². The van der Waals surface area contributed by atoms with E-state index in [1.165, 1.54) is 12.1 Å². The molecule has 0 amide bonds. The number of carbonyl (C=O) groups is 1. The Balaban J connectivity index is 2.59. The summed E-state index contributed by atoms with van der Waals surface area (Å²) in [6.07, 6.45) is -4.20. The lowest BCUT2D eigenvalue weighted by Gasteiger charge is -2.15. The van der Waals surface area contributed by atoms with Crippen molar-refractivity contribution in [1.29, 1.82) is 0 Å². The van der Waals surface area contributed by atoms with Crippen LogP contribution in [0.15, 0.2) is 42.5 Å². The van der Waals surface area contributed by atoms with Crippen molar-refractivity contribution in [1.82, 2.24) is 0 Å². The Hall–Kier alpha value is -2.30. The molecule has 0 aliphatic rings. The van der Waals surface area contributed by atoms with Gasteiger partial charge in [-0.15, -0.1) is 13.2 Å². The molecular formula is C15H11F3O2. The number of halogens is 3. The molecule has 0 atom stereocenters. The van der Waals surface area contributed by atoms with Crippen LogP contribution in [0.2, 0.25) is 0 Å². The fourth-order valence-electron chi connectivity index (χ4n) is 1.92. The molecular weight excluding hydrogens is 269 g/mol. The van der Waals surface area contributed by atoms with E-state index in [0.717, 1.165) is 11.6 Å². The number of hydrogen-bond donors (Lipinski definition) is 0. The second kappa shape index (κ2) is 5.36. The number of alkyl halides is 3. The summed E-state index contributed by atoms with van der Waals surface area (Å²) in [6, 6.07) is 10.8. The highest BCUT2D eigenvalue weighted by Crippen LogP contribution is 2.35. The normalized spacial score (nSPS) is 11.2. The second-order valence-electron chi connectivity index (χ2n) is 4.24. The minimum absolute atomic E-state index is 0.241. The van der Waals surface area contributed by atoms with Crippen LogP contribution in [0.25, 0.3) is 11.1 Å². The molecule has 0 fully saturated rings. The van der Waals surface area contributed by atoms with Gasteiger partial charge in [-0.2, -0.15) is 0 Å². The van der Waals surface area contributed by atoms with Crippen molar-refractivity contribution >= 4 is 6.29 Å². The van der Waals surface area contributed by atoms with Crippen LogP contribution in [-0.2, 0) is 0 Å². The minimum atomic E-state index is -4.78. The Labute approximate surface area is 113 Å². The van der Waals surface area contributed by atoms with Crippen molar-refractivity contribution in [3.8, 4) is 16.9 Å². The monoisotopic (exact) mass is 280 g/mol. The zero-order chi connectivity index (χ0) is 14.8. The van der Waals surface area contributed by atoms with Crippen LogP contribution in [0.4, 0.5) is 13.2 Å². The Kier molecular flexibility index (Phi) is 3.79. The first-order valence-corrected chi connectivity index (χ1v) is 5.81. The highest BCUT2D eigenvalue weighted by molar-refractivity contribution is 5.82. The molecule has 20 heavy (non-hydrogen) atoms. The summed E-state index contributed by atoms with van der Waals surface area (Å²) in [5.41, 5.74) is 1.92. The molecule has 0 aliphatic heterocycles. The molecule has 0 saturated carbocycles. The topological polar surface area (TPSA) is 26.3 Å². The number of hydrogen-bond acceptors (Lipinski definition) is 2. The lowest BCUT2D eigenvalue weighted by molar-refractivity contribution is -0.274. The smallest absolute Gasteiger partial charge is 0.405 e. The summed E-state index contributed by atoms with van der Waals surface area (Å²) in [5.74, 6) is -0.322. The molecule has 104 valence electrons. The minimum Gasteiger partial charge on any atom is -0.405 e. The molecule has 0 aliphatic carbocycles. The summed E-state index contributed by atoms with van der Waals surface area (Å²) in [6.45, 7) is 1.78. The Morgan fingerprint density at radius 3 is 2.35 bits per heavy atom. The first kappa shape index (κ1) is 14.1. The SMILES string of the molecule is Cc1ccccc1-c1cc(C=O)ccc1OC(F)(F)F. The summed E-state index contributed by atoms with van der Waals surface area (Å²) in [7, 11) is 0. The summed E-state index contributed by atoms with van der Waals surface area (Å²) < 4.78 is 41.3. The van der Waals surface area contributed by atoms with Crippen LogP contribution >= 0.6 is 0 Å². The van der Waals surface area contributed by atoms with Crippen molar-refractivity contribution in [2.45, 2.75) is 13.3 Å². The van der Waals surface area contributed by atoms with Crippen molar-refractivity contribution in [2.24, 2.45) is 0 Å². The van der Waals surface area contributed by atoms with E-state index in [9.17, 15) is 18.0 Å². The highest BCUT2D eigenvalue weighted by atomic mass is 19.4. The van der Waals surface area contributed by atoms with E-state index in [1.807, 2.05) is 0 Å². The van der Waals surface area contributed by atoms with E-state index in [-0.39, 0.29) is 16.9 Å². The highest BCUT2D eigenvalue weighted by Gasteiger charge is 2.32. The van der Waals surface area contributed by atoms with E-state index in [0.29, 0.717) is 11.8 Å². The predicted molar refractivity (Wildman–Crippen MR) is 68.7 cm³/mol. The lowest BCUT2D eigenvalue weighted by atomic mass is 9.98. The molecule has 0 spiro atoms. The number of benzene rings is 2. The van der Waals surface area contributed by atoms with E-state index >= 15 is 0 Å². The van der Waals surface area contributed by atoms with E-state index in [1.54, 1.807) is 31.2 Å². The van der Waals surface area contributed by atoms with Gasteiger partial charge in [0.2, 0.25) is 0 Å². The van der Waals surface area contributed by atoms with Crippen molar-refractivity contribution in [2.75, 3.05) is 0 Å². The van der Waals surface area contributed by atoms with Crippen LogP contribution in [0.5, 0.6) is 5.75 Å². The van der Waals surface area contributed by atoms with Gasteiger partial charge in [0.25, 0.3) is 0 Å². The molecule has 2 rings (SSSR count). The maximum atomic E-state index is 12.4. The second-order valence-corrected chi connectivity index (χ2v) is 4.24. The van der Waals surface area contributed by atoms with Gasteiger partial charge in [-0.05, 0) is 36.2 Å². The van der Waals surface area contributed by atoms with E-state index in [2.05, 4.69) is 4.74 Å². The van der Waals surface area contributed by atoms with Gasteiger partial charge in [0.15, 0.2) is 0 Å². The van der Waals surface area contributed by atoms with Gasteiger partial charge in [-0.1, -0.05) is 24.3 Å². The average molecular weight is 280 g/mol. The maximum Gasteiger partial charge on any atom is 0.573 e. The standard InChI is InChI=1S/C15H11F3O2/c1-10-4-2-3-5-12(10)13-8-11(9-19)6-7-14(13)20-15(16,17)18/h2-9H,1H3. The van der Waals surface area contributed by atoms with Crippen LogP contribution < -0.4 is 4.74 Å². The Morgan fingerprint density at radius 2 is 1.75 bits per heavy atom. The van der Waals surface area contributed by atoms with Crippen molar-refractivity contribution in [3.05, 3.63) is 53.6 Å². The van der Waals surface area contributed by atoms with Gasteiger partial charge in [-0.25, -0.2) is 0 Å². The van der Waals surface area contributed by atoms with Gasteiger partial charge in [0.05, 0.1) is 0 Å². The number of aldehydes is 1. The fourth-order valence-corrected chi connectivity index (χ4v) is 1.92. The number of aryl methyl sites for hydroxylation is 1. The Bertz CT molecular complexity index is 633. The molecule has 0 bridgehead atoms. The molecule has 2 aromatic carbocycles. The molecule has 2 nitrogen and oxygen atoms in total. The summed E-state index contributed by atoms with van der Waals surface area (Å²) in [4.78, 5) is 10.8. The number of rotatable bonds is 3. The van der Waals surface area contributed by atoms with Gasteiger partial charge in [-0.3, -0.25) is 4.79 Å². The molecule has 0 saturated heterocycles. The first-order valence-electron chi connectivity index (χ1n) is 5.81. The summed E-state index contributed by atoms with van der Waals surface area (Å²) in [5, 5.41) is 0. The van der Waals surface area contributed by atoms with Gasteiger partial charge in [0.1, 0.15) is 12.0 Å². The summed E-state index contributed by atoms with van der Waals surface area (Å²) >= 11 is 0. The predicted octanol–water partition coefficient (Wildman–Crippen LogP) is 4.37. The lowest BCUT2D eigenvalue weighted by Crippen LogP contribution is -2.17. The largest absolute Gasteiger partial charge is 0.573 e. The van der Waals surface area contributed by atoms with Crippen molar-refractivity contribution in [3.63, 3.8) is 0 Å². The zero-order valence-corrected chi connectivity index (χ0v) is 10.6. The third kappa shape index (κ3) is 3.17. The van der Waals surface area contributed by atoms with Crippen LogP contribution in [0, 0.1) is 6.92 Å². The molecule has 0 unspecified atom stereocenters. The maximum absolute atomic E-state index is 12.4. The van der Waals surface area contributed by atoms with Crippen LogP contribution in [-0.4, -0.2) is 12.6 Å². The molecule has 2 aromatic rings. The first-order chi connectivity index (χ1) is 9.40.